The first kappa shape index (κ1) is 13.4. The maximum absolute atomic E-state index is 12.5. The summed E-state index contributed by atoms with van der Waals surface area (Å²) in [5, 5.41) is 5.37. The van der Waals surface area contributed by atoms with Gasteiger partial charge < -0.3 is 16.4 Å². The zero-order chi connectivity index (χ0) is 14.0. The molecule has 0 saturated carbocycles. The minimum absolute atomic E-state index is 0.0735. The fraction of sp³-hybridized carbons (Fsp3) is 0.455. The number of carbonyl (C=O) groups is 1. The lowest BCUT2D eigenvalue weighted by atomic mass is 10.1. The number of nitrogens with two attached hydrogens (primary N) is 1. The van der Waals surface area contributed by atoms with Crippen LogP contribution in [0.5, 0.6) is 0 Å². The van der Waals surface area contributed by atoms with Crippen LogP contribution in [0.25, 0.3) is 0 Å². The van der Waals surface area contributed by atoms with E-state index in [2.05, 4.69) is 15.6 Å². The molecule has 0 aromatic carbocycles. The summed E-state index contributed by atoms with van der Waals surface area (Å²) in [5.74, 6) is -0.240. The molecule has 1 aliphatic heterocycles. The van der Waals surface area contributed by atoms with Crippen LogP contribution in [0.4, 0.5) is 24.5 Å². The van der Waals surface area contributed by atoms with Gasteiger partial charge in [0.2, 0.25) is 5.91 Å². The number of piperidine rings is 1. The molecule has 0 radical (unpaired) electrons. The molecule has 1 unspecified atom stereocenters. The van der Waals surface area contributed by atoms with Crippen molar-refractivity contribution in [2.24, 2.45) is 0 Å². The second-order valence-corrected chi connectivity index (χ2v) is 4.28. The third-order valence-electron chi connectivity index (χ3n) is 2.84. The number of halogens is 3. The van der Waals surface area contributed by atoms with Crippen LogP contribution in [0.3, 0.4) is 0 Å². The van der Waals surface area contributed by atoms with E-state index < -0.39 is 17.9 Å². The minimum atomic E-state index is -4.54. The van der Waals surface area contributed by atoms with Gasteiger partial charge in [0, 0.05) is 6.54 Å². The van der Waals surface area contributed by atoms with Crippen LogP contribution < -0.4 is 16.4 Å². The topological polar surface area (TPSA) is 80.0 Å². The number of nitrogen functional groups attached to an aromatic ring is 1. The molecule has 1 aliphatic rings. The van der Waals surface area contributed by atoms with Crippen molar-refractivity contribution >= 4 is 17.3 Å². The third-order valence-corrected chi connectivity index (χ3v) is 2.84. The number of hydrogen-bond acceptors (Lipinski definition) is 4. The lowest BCUT2D eigenvalue weighted by Gasteiger charge is -2.24. The highest BCUT2D eigenvalue weighted by Crippen LogP contribution is 2.31. The van der Waals surface area contributed by atoms with Gasteiger partial charge in [0.25, 0.3) is 0 Å². The average molecular weight is 274 g/mol. The van der Waals surface area contributed by atoms with Crippen molar-refractivity contribution in [2.75, 3.05) is 17.6 Å². The van der Waals surface area contributed by atoms with Gasteiger partial charge in [0.1, 0.15) is 11.7 Å². The molecule has 0 bridgehead atoms. The van der Waals surface area contributed by atoms with Gasteiger partial charge in [0.05, 0.1) is 17.6 Å². The summed E-state index contributed by atoms with van der Waals surface area (Å²) in [6.45, 7) is 0.580. The molecule has 1 atom stereocenters. The van der Waals surface area contributed by atoms with E-state index in [0.717, 1.165) is 18.7 Å². The van der Waals surface area contributed by atoms with Gasteiger partial charge in [-0.1, -0.05) is 0 Å². The molecule has 4 N–H and O–H groups in total. The van der Waals surface area contributed by atoms with Crippen molar-refractivity contribution in [3.05, 3.63) is 18.0 Å². The van der Waals surface area contributed by atoms with Crippen LogP contribution in [0.1, 0.15) is 18.5 Å². The van der Waals surface area contributed by atoms with E-state index in [9.17, 15) is 18.0 Å². The molecule has 2 rings (SSSR count). The summed E-state index contributed by atoms with van der Waals surface area (Å²) in [4.78, 5) is 14.8. The fourth-order valence-electron chi connectivity index (χ4n) is 1.84. The Kier molecular flexibility index (Phi) is 3.50. The maximum Gasteiger partial charge on any atom is 0.433 e. The second-order valence-electron chi connectivity index (χ2n) is 4.28. The number of pyridine rings is 1. The zero-order valence-corrected chi connectivity index (χ0v) is 9.92. The highest BCUT2D eigenvalue weighted by molar-refractivity contribution is 5.86. The first-order valence-electron chi connectivity index (χ1n) is 5.75. The number of hydrogen-bond donors (Lipinski definition) is 3. The summed E-state index contributed by atoms with van der Waals surface area (Å²) in [5.41, 5.74) is 4.68. The van der Waals surface area contributed by atoms with E-state index in [1.165, 1.54) is 0 Å². The molecule has 0 spiro atoms. The van der Waals surface area contributed by atoms with Crippen LogP contribution in [-0.2, 0) is 11.0 Å². The molecule has 1 amide bonds. The molecule has 104 valence electrons. The summed E-state index contributed by atoms with van der Waals surface area (Å²) in [6.07, 6.45) is -2.29. The van der Waals surface area contributed by atoms with Gasteiger partial charge in [-0.15, -0.1) is 0 Å². The van der Waals surface area contributed by atoms with E-state index in [0.29, 0.717) is 13.0 Å². The molecule has 5 nitrogen and oxygen atoms in total. The van der Waals surface area contributed by atoms with Gasteiger partial charge >= 0.3 is 6.18 Å². The Morgan fingerprint density at radius 1 is 1.47 bits per heavy atom. The number of alkyl halides is 3. The molecule has 19 heavy (non-hydrogen) atoms. The van der Waals surface area contributed by atoms with Gasteiger partial charge in [0.15, 0.2) is 0 Å². The summed E-state index contributed by atoms with van der Waals surface area (Å²) in [6, 6.07) is 0.247. The molecular formula is C11H13F3N4O. The highest BCUT2D eigenvalue weighted by atomic mass is 19.4. The quantitative estimate of drug-likeness (QED) is 0.761. The number of amides is 1. The van der Waals surface area contributed by atoms with Crippen molar-refractivity contribution in [3.8, 4) is 0 Å². The standard InChI is InChI=1S/C11H13F3N4O/c12-11(13,14)9-4-8(6(15)5-17-9)18-7-2-1-3-16-10(7)19/h4-5,7H,1-3,15H2,(H,16,19)(H,17,18). The van der Waals surface area contributed by atoms with Crippen molar-refractivity contribution in [2.45, 2.75) is 25.1 Å². The van der Waals surface area contributed by atoms with E-state index in [1.54, 1.807) is 0 Å². The van der Waals surface area contributed by atoms with Crippen LogP contribution in [0.15, 0.2) is 12.3 Å². The monoisotopic (exact) mass is 274 g/mol. The Morgan fingerprint density at radius 3 is 2.84 bits per heavy atom. The normalized spacial score (nSPS) is 19.9. The Morgan fingerprint density at radius 2 is 2.21 bits per heavy atom. The van der Waals surface area contributed by atoms with E-state index >= 15 is 0 Å². The fourth-order valence-corrected chi connectivity index (χ4v) is 1.84. The third kappa shape index (κ3) is 3.07. The largest absolute Gasteiger partial charge is 0.433 e. The molecule has 1 aromatic heterocycles. The number of nitrogens with zero attached hydrogens (tertiary/aromatic N) is 1. The number of anilines is 2. The Hall–Kier alpha value is -1.99. The highest BCUT2D eigenvalue weighted by Gasteiger charge is 2.33. The van der Waals surface area contributed by atoms with Crippen LogP contribution in [0.2, 0.25) is 0 Å². The molecule has 8 heteroatoms. The Labute approximate surface area is 107 Å². The molecular weight excluding hydrogens is 261 g/mol. The number of carbonyl (C=O) groups excluding carboxylic acids is 1. The Bertz CT molecular complexity index is 489. The zero-order valence-electron chi connectivity index (χ0n) is 9.92. The number of nitrogens with one attached hydrogen (secondary N) is 2. The Balaban J connectivity index is 2.21. The minimum Gasteiger partial charge on any atom is -0.396 e. The first-order valence-corrected chi connectivity index (χ1v) is 5.75. The van der Waals surface area contributed by atoms with Crippen LogP contribution in [0, 0.1) is 0 Å². The maximum atomic E-state index is 12.5. The number of aromatic nitrogens is 1. The van der Waals surface area contributed by atoms with Gasteiger partial charge in [-0.25, -0.2) is 4.98 Å². The van der Waals surface area contributed by atoms with Crippen LogP contribution >= 0.6 is 0 Å². The smallest absolute Gasteiger partial charge is 0.396 e. The van der Waals surface area contributed by atoms with Gasteiger partial charge in [-0.2, -0.15) is 13.2 Å². The summed E-state index contributed by atoms with van der Waals surface area (Å²) in [7, 11) is 0. The van der Waals surface area contributed by atoms with E-state index in [4.69, 9.17) is 5.73 Å². The molecule has 1 saturated heterocycles. The second kappa shape index (κ2) is 4.94. The van der Waals surface area contributed by atoms with Crippen molar-refractivity contribution < 1.29 is 18.0 Å². The average Bonchev–Trinajstić information content (AvgIpc) is 2.33. The van der Waals surface area contributed by atoms with E-state index in [1.807, 2.05) is 0 Å². The first-order chi connectivity index (χ1) is 8.88. The SMILES string of the molecule is Nc1cnc(C(F)(F)F)cc1NC1CCCNC1=O. The van der Waals surface area contributed by atoms with Crippen molar-refractivity contribution in [1.29, 1.82) is 0 Å². The van der Waals surface area contributed by atoms with Crippen LogP contribution in [-0.4, -0.2) is 23.5 Å². The number of rotatable bonds is 2. The lowest BCUT2D eigenvalue weighted by Crippen LogP contribution is -2.44. The molecule has 2 heterocycles. The lowest BCUT2D eigenvalue weighted by molar-refractivity contribution is -0.141. The van der Waals surface area contributed by atoms with E-state index in [-0.39, 0.29) is 17.3 Å². The molecule has 1 aromatic rings. The van der Waals surface area contributed by atoms with Gasteiger partial charge in [-0.05, 0) is 18.9 Å². The predicted molar refractivity (Wildman–Crippen MR) is 63.3 cm³/mol. The summed E-state index contributed by atoms with van der Waals surface area (Å²) >= 11 is 0. The summed E-state index contributed by atoms with van der Waals surface area (Å²) < 4.78 is 37.6. The molecule has 0 aliphatic carbocycles. The van der Waals surface area contributed by atoms with Crippen molar-refractivity contribution in [3.63, 3.8) is 0 Å². The predicted octanol–water partition coefficient (Wildman–Crippen LogP) is 1.37. The van der Waals surface area contributed by atoms with Gasteiger partial charge in [-0.3, -0.25) is 4.79 Å². The molecule has 1 fully saturated rings. The van der Waals surface area contributed by atoms with Crippen molar-refractivity contribution in [1.82, 2.24) is 10.3 Å².